The first kappa shape index (κ1) is 33.4. The number of aromatic nitrogens is 2. The number of nitrogens with one attached hydrogen (secondary N) is 2. The number of ether oxygens (including phenoxy) is 2. The van der Waals surface area contributed by atoms with Gasteiger partial charge in [-0.3, -0.25) is 4.79 Å². The first-order valence-electron chi connectivity index (χ1n) is 13.5. The van der Waals surface area contributed by atoms with Crippen molar-refractivity contribution in [1.82, 2.24) is 9.97 Å². The minimum atomic E-state index is -1.06. The summed E-state index contributed by atoms with van der Waals surface area (Å²) in [6, 6.07) is 7.05. The molecular formula is C29H37CaMgN3O6+4. The fourth-order valence-electron chi connectivity index (χ4n) is 6.27. The van der Waals surface area contributed by atoms with Crippen molar-refractivity contribution in [3.05, 3.63) is 47.6 Å². The van der Waals surface area contributed by atoms with E-state index in [4.69, 9.17) is 13.9 Å². The minimum absolute atomic E-state index is 0. The van der Waals surface area contributed by atoms with Crippen LogP contribution in [0.3, 0.4) is 0 Å². The number of aromatic carboxylic acids is 1. The molecule has 11 heteroatoms. The molecule has 2 fully saturated rings. The third kappa shape index (κ3) is 6.28. The van der Waals surface area contributed by atoms with E-state index in [-0.39, 0.29) is 108 Å². The Labute approximate surface area is 280 Å². The fraction of sp³-hybridized carbons (Fsp3) is 0.552. The van der Waals surface area contributed by atoms with Crippen LogP contribution >= 0.6 is 0 Å². The van der Waals surface area contributed by atoms with Crippen LogP contribution in [0.15, 0.2) is 34.9 Å². The smallest absolute Gasteiger partial charge is 0.478 e. The van der Waals surface area contributed by atoms with E-state index in [1.807, 2.05) is 13.0 Å². The molecule has 40 heavy (non-hydrogen) atoms. The van der Waals surface area contributed by atoms with Gasteiger partial charge in [-0.1, -0.05) is 27.7 Å². The number of carbonyl (C=O) groups is 2. The van der Waals surface area contributed by atoms with Gasteiger partial charge < -0.3 is 29.3 Å². The quantitative estimate of drug-likeness (QED) is 0.267. The van der Waals surface area contributed by atoms with Crippen molar-refractivity contribution in [2.75, 3.05) is 12.4 Å². The molecule has 0 aliphatic carbocycles. The summed E-state index contributed by atoms with van der Waals surface area (Å²) < 4.78 is 19.6. The number of oxazole rings is 1. The van der Waals surface area contributed by atoms with Gasteiger partial charge in [-0.25, -0.2) is 9.78 Å². The van der Waals surface area contributed by atoms with Crippen LogP contribution < -0.4 is 5.32 Å². The zero-order valence-electron chi connectivity index (χ0n) is 24.0. The Morgan fingerprint density at radius 3 is 2.60 bits per heavy atom. The van der Waals surface area contributed by atoms with Crippen molar-refractivity contribution >= 4 is 89.3 Å². The van der Waals surface area contributed by atoms with Gasteiger partial charge in [-0.15, -0.1) is 0 Å². The average Bonchev–Trinajstić information content (AvgIpc) is 3.57. The third-order valence-corrected chi connectivity index (χ3v) is 8.54. The Kier molecular flexibility index (Phi) is 11.2. The van der Waals surface area contributed by atoms with Gasteiger partial charge in [-0.2, -0.15) is 0 Å². The molecular weight excluding hydrogens is 551 g/mol. The minimum Gasteiger partial charge on any atom is -0.478 e. The van der Waals surface area contributed by atoms with E-state index in [1.54, 1.807) is 31.4 Å². The molecule has 0 amide bonds. The van der Waals surface area contributed by atoms with E-state index in [9.17, 15) is 14.7 Å². The standard InChI is InChI=1S/C29H37N3O6.Ca.Mg/c1-15-10-11-29(17(3)13-16(2)27(38-29)18(4)26(33)20-7-6-12-31-20)37-22(15)14-23-32-25-21(36-23)9-8-19(30-5)24(25)28(34)35;;/h6-9,12,15-18,22,27,30-31H,10-11,13-14H2,1-5H3,(H,34,35);;/q;2*+2. The molecule has 3 N–H and O–H groups in total. The number of benzene rings is 1. The number of H-pyrrole nitrogens is 1. The summed E-state index contributed by atoms with van der Waals surface area (Å²) in [7, 11) is 1.68. The molecule has 0 saturated carbocycles. The number of hydrogen-bond acceptors (Lipinski definition) is 7. The first-order valence-corrected chi connectivity index (χ1v) is 13.5. The Morgan fingerprint density at radius 2 is 1.95 bits per heavy atom. The van der Waals surface area contributed by atoms with Gasteiger partial charge in [0.25, 0.3) is 0 Å². The SMILES string of the molecule is CNc1ccc2oc(CC3OC4(CCC3C)OC(C(C)C(=O)c3ccc[nH]3)C(C)CC4C)nc2c1C(=O)O.[Ca+2].[Mg+2]. The summed E-state index contributed by atoms with van der Waals surface area (Å²) in [6.07, 6.45) is 4.22. The number of ketones is 1. The molecule has 3 aromatic rings. The van der Waals surface area contributed by atoms with Crippen LogP contribution in [0.25, 0.3) is 11.1 Å². The van der Waals surface area contributed by atoms with Crippen LogP contribution in [0, 0.1) is 23.7 Å². The monoisotopic (exact) mass is 587 g/mol. The van der Waals surface area contributed by atoms with Crippen molar-refractivity contribution < 1.29 is 28.6 Å². The predicted molar refractivity (Wildman–Crippen MR) is 154 cm³/mol. The van der Waals surface area contributed by atoms with Crippen molar-refractivity contribution in [3.63, 3.8) is 0 Å². The number of aromatic amines is 1. The van der Waals surface area contributed by atoms with E-state index >= 15 is 0 Å². The second-order valence-corrected chi connectivity index (χ2v) is 11.1. The Bertz CT molecular complexity index is 1330. The maximum Gasteiger partial charge on any atom is 2.00 e. The molecule has 0 bridgehead atoms. The molecule has 7 atom stereocenters. The van der Waals surface area contributed by atoms with E-state index in [2.05, 4.69) is 36.1 Å². The maximum absolute atomic E-state index is 13.1. The van der Waals surface area contributed by atoms with Gasteiger partial charge in [0, 0.05) is 31.5 Å². The van der Waals surface area contributed by atoms with Gasteiger partial charge in [-0.05, 0) is 48.9 Å². The van der Waals surface area contributed by atoms with E-state index in [0.29, 0.717) is 34.8 Å². The van der Waals surface area contributed by atoms with Crippen molar-refractivity contribution in [3.8, 4) is 0 Å². The van der Waals surface area contributed by atoms with Crippen LogP contribution in [0.4, 0.5) is 5.69 Å². The number of fused-ring (bicyclic) bond motifs is 1. The number of hydrogen-bond donors (Lipinski definition) is 3. The summed E-state index contributed by atoms with van der Waals surface area (Å²) >= 11 is 0. The maximum atomic E-state index is 13.1. The molecule has 0 radical (unpaired) electrons. The number of rotatable bonds is 7. The van der Waals surface area contributed by atoms with Crippen LogP contribution in [-0.4, -0.2) is 113 Å². The largest absolute Gasteiger partial charge is 2.00 e. The Morgan fingerprint density at radius 1 is 1.20 bits per heavy atom. The van der Waals surface area contributed by atoms with E-state index < -0.39 is 11.8 Å². The molecule has 2 aliphatic heterocycles. The van der Waals surface area contributed by atoms with E-state index in [0.717, 1.165) is 19.3 Å². The second kappa shape index (κ2) is 13.4. The van der Waals surface area contributed by atoms with Crippen LogP contribution in [0.5, 0.6) is 0 Å². The Balaban J connectivity index is 0.00000220. The summed E-state index contributed by atoms with van der Waals surface area (Å²) in [5.74, 6) is -1.11. The fourth-order valence-corrected chi connectivity index (χ4v) is 6.27. The van der Waals surface area contributed by atoms with Gasteiger partial charge >= 0.3 is 66.8 Å². The first-order chi connectivity index (χ1) is 18.1. The molecule has 4 heterocycles. The number of Topliss-reactive ketones (excluding diaryl/α,β-unsaturated/α-hetero) is 1. The van der Waals surface area contributed by atoms with Crippen molar-refractivity contribution in [2.45, 2.75) is 71.4 Å². The molecule has 2 saturated heterocycles. The summed E-state index contributed by atoms with van der Waals surface area (Å²) in [5.41, 5.74) is 1.93. The molecule has 1 aromatic carbocycles. The molecule has 9 nitrogen and oxygen atoms in total. The topological polar surface area (TPSA) is 127 Å². The van der Waals surface area contributed by atoms with Gasteiger partial charge in [0.1, 0.15) is 11.1 Å². The number of carbonyl (C=O) groups excluding carboxylic acids is 1. The molecule has 2 aromatic heterocycles. The van der Waals surface area contributed by atoms with Gasteiger partial charge in [0.2, 0.25) is 0 Å². The molecule has 5 rings (SSSR count). The van der Waals surface area contributed by atoms with Crippen molar-refractivity contribution in [2.24, 2.45) is 23.7 Å². The molecule has 2 aliphatic rings. The van der Waals surface area contributed by atoms with Crippen LogP contribution in [0.2, 0.25) is 0 Å². The third-order valence-electron chi connectivity index (χ3n) is 8.54. The Hall–Kier alpha value is -1.14. The molecule has 1 spiro atoms. The van der Waals surface area contributed by atoms with E-state index in [1.165, 1.54) is 0 Å². The number of carboxylic acid groups (broad SMARTS) is 1. The predicted octanol–water partition coefficient (Wildman–Crippen LogP) is 4.77. The summed E-state index contributed by atoms with van der Waals surface area (Å²) in [6.45, 7) is 8.39. The summed E-state index contributed by atoms with van der Waals surface area (Å²) in [5, 5.41) is 12.7. The van der Waals surface area contributed by atoms with Crippen LogP contribution in [0.1, 0.15) is 73.7 Å². The normalized spacial score (nSPS) is 28.9. The van der Waals surface area contributed by atoms with Gasteiger partial charge in [0.15, 0.2) is 23.0 Å². The second-order valence-electron chi connectivity index (χ2n) is 11.1. The number of nitrogens with zero attached hydrogens (tertiary/aromatic N) is 1. The summed E-state index contributed by atoms with van der Waals surface area (Å²) in [4.78, 5) is 32.7. The number of carboxylic acids is 1. The number of anilines is 1. The van der Waals surface area contributed by atoms with Crippen molar-refractivity contribution in [1.29, 1.82) is 0 Å². The molecule has 7 unspecified atom stereocenters. The zero-order valence-corrected chi connectivity index (χ0v) is 27.7. The zero-order chi connectivity index (χ0) is 27.2. The van der Waals surface area contributed by atoms with Gasteiger partial charge in [0.05, 0.1) is 30.0 Å². The molecule has 204 valence electrons. The average molecular weight is 588 g/mol. The van der Waals surface area contributed by atoms with Crippen LogP contribution in [-0.2, 0) is 15.9 Å².